The highest BCUT2D eigenvalue weighted by Crippen LogP contribution is 2.32. The molecule has 1 fully saturated rings. The molecule has 2 aliphatic heterocycles. The van der Waals surface area contributed by atoms with Gasteiger partial charge in [-0.05, 0) is 30.5 Å². The lowest BCUT2D eigenvalue weighted by Crippen LogP contribution is -2.46. The van der Waals surface area contributed by atoms with Crippen molar-refractivity contribution in [1.29, 1.82) is 0 Å². The molecule has 1 aromatic carbocycles. The van der Waals surface area contributed by atoms with E-state index < -0.39 is 0 Å². The minimum absolute atomic E-state index is 0.0129. The molecule has 1 unspecified atom stereocenters. The number of hydrogen-bond donors (Lipinski definition) is 2. The highest BCUT2D eigenvalue weighted by atomic mass is 16.7. The molecule has 7 nitrogen and oxygen atoms in total. The zero-order valence-electron chi connectivity index (χ0n) is 13.6. The lowest BCUT2D eigenvalue weighted by atomic mass is 9.96. The van der Waals surface area contributed by atoms with Crippen molar-refractivity contribution in [2.45, 2.75) is 19.3 Å². The van der Waals surface area contributed by atoms with Gasteiger partial charge in [-0.15, -0.1) is 0 Å². The van der Waals surface area contributed by atoms with Gasteiger partial charge in [0.05, 0.1) is 12.3 Å². The van der Waals surface area contributed by atoms with Gasteiger partial charge < -0.3 is 25.4 Å². The van der Waals surface area contributed by atoms with Gasteiger partial charge in [-0.2, -0.15) is 0 Å². The average molecular weight is 333 g/mol. The largest absolute Gasteiger partial charge is 0.454 e. The van der Waals surface area contributed by atoms with E-state index in [0.717, 1.165) is 18.4 Å². The van der Waals surface area contributed by atoms with Crippen LogP contribution in [0.4, 0.5) is 0 Å². The normalized spacial score (nSPS) is 19.2. The fourth-order valence-electron chi connectivity index (χ4n) is 3.09. The number of amides is 2. The van der Waals surface area contributed by atoms with E-state index in [1.165, 1.54) is 0 Å². The highest BCUT2D eigenvalue weighted by Gasteiger charge is 2.28. The van der Waals surface area contributed by atoms with E-state index in [0.29, 0.717) is 44.1 Å². The first-order valence-electron chi connectivity index (χ1n) is 8.31. The molecule has 2 amide bonds. The Kier molecular flexibility index (Phi) is 5.20. The molecule has 0 saturated carbocycles. The van der Waals surface area contributed by atoms with Crippen LogP contribution in [0, 0.1) is 5.92 Å². The third-order valence-corrected chi connectivity index (χ3v) is 4.38. The Morgan fingerprint density at radius 3 is 2.96 bits per heavy atom. The number of likely N-dealkylation sites (tertiary alicyclic amines) is 1. The summed E-state index contributed by atoms with van der Waals surface area (Å²) < 4.78 is 10.6. The van der Waals surface area contributed by atoms with Crippen molar-refractivity contribution < 1.29 is 19.1 Å². The van der Waals surface area contributed by atoms with Crippen molar-refractivity contribution in [2.24, 2.45) is 11.7 Å². The summed E-state index contributed by atoms with van der Waals surface area (Å²) in [7, 11) is 0. The zero-order chi connectivity index (χ0) is 16.9. The molecule has 0 aliphatic carbocycles. The molecule has 1 atom stereocenters. The average Bonchev–Trinajstić information content (AvgIpc) is 3.07. The standard InChI is InChI=1S/C17H23N3O4/c18-5-6-19-17(22)13-2-1-7-20(10-13)16(21)9-12-3-4-14-15(8-12)24-11-23-14/h3-4,8,13H,1-2,5-7,9-11,18H2,(H,19,22). The summed E-state index contributed by atoms with van der Waals surface area (Å²) in [4.78, 5) is 26.4. The van der Waals surface area contributed by atoms with E-state index >= 15 is 0 Å². The van der Waals surface area contributed by atoms with Crippen LogP contribution in [0.5, 0.6) is 11.5 Å². The van der Waals surface area contributed by atoms with Crippen LogP contribution >= 0.6 is 0 Å². The number of nitrogens with one attached hydrogen (secondary N) is 1. The third kappa shape index (κ3) is 3.79. The SMILES string of the molecule is NCCNC(=O)C1CCCN(C(=O)Cc2ccc3c(c2)OCO3)C1. The first kappa shape index (κ1) is 16.6. The van der Waals surface area contributed by atoms with Gasteiger partial charge in [0.25, 0.3) is 0 Å². The second-order valence-electron chi connectivity index (χ2n) is 6.12. The number of hydrogen-bond acceptors (Lipinski definition) is 5. The molecule has 0 aromatic heterocycles. The van der Waals surface area contributed by atoms with Crippen molar-refractivity contribution in [1.82, 2.24) is 10.2 Å². The van der Waals surface area contributed by atoms with E-state index in [4.69, 9.17) is 15.2 Å². The number of nitrogens with zero attached hydrogens (tertiary/aromatic N) is 1. The molecule has 130 valence electrons. The van der Waals surface area contributed by atoms with E-state index in [1.807, 2.05) is 18.2 Å². The first-order chi connectivity index (χ1) is 11.7. The summed E-state index contributed by atoms with van der Waals surface area (Å²) in [6, 6.07) is 5.54. The number of piperidine rings is 1. The second-order valence-corrected chi connectivity index (χ2v) is 6.12. The van der Waals surface area contributed by atoms with Gasteiger partial charge in [-0.1, -0.05) is 6.07 Å². The molecule has 3 rings (SSSR count). The number of nitrogens with two attached hydrogens (primary N) is 1. The summed E-state index contributed by atoms with van der Waals surface area (Å²) in [5.74, 6) is 1.26. The molecule has 3 N–H and O–H groups in total. The summed E-state index contributed by atoms with van der Waals surface area (Å²) in [6.07, 6.45) is 1.95. The number of rotatable bonds is 5. The minimum atomic E-state index is -0.147. The molecule has 0 bridgehead atoms. The van der Waals surface area contributed by atoms with Crippen LogP contribution in [-0.4, -0.2) is 49.7 Å². The number of fused-ring (bicyclic) bond motifs is 1. The third-order valence-electron chi connectivity index (χ3n) is 4.38. The van der Waals surface area contributed by atoms with Crippen molar-refractivity contribution >= 4 is 11.8 Å². The van der Waals surface area contributed by atoms with Crippen LogP contribution in [0.2, 0.25) is 0 Å². The number of ether oxygens (including phenoxy) is 2. The van der Waals surface area contributed by atoms with Crippen molar-refractivity contribution in [3.8, 4) is 11.5 Å². The number of benzene rings is 1. The van der Waals surface area contributed by atoms with Crippen LogP contribution < -0.4 is 20.5 Å². The van der Waals surface area contributed by atoms with Crippen molar-refractivity contribution in [2.75, 3.05) is 33.0 Å². The Bertz CT molecular complexity index is 620. The molecule has 7 heteroatoms. The molecule has 1 saturated heterocycles. The zero-order valence-corrected chi connectivity index (χ0v) is 13.6. The lowest BCUT2D eigenvalue weighted by molar-refractivity contribution is -0.135. The molecule has 0 spiro atoms. The Morgan fingerprint density at radius 2 is 2.12 bits per heavy atom. The van der Waals surface area contributed by atoms with E-state index in [2.05, 4.69) is 5.32 Å². The first-order valence-corrected chi connectivity index (χ1v) is 8.31. The topological polar surface area (TPSA) is 93.9 Å². The maximum absolute atomic E-state index is 12.6. The lowest BCUT2D eigenvalue weighted by Gasteiger charge is -2.32. The fourth-order valence-corrected chi connectivity index (χ4v) is 3.09. The van der Waals surface area contributed by atoms with Crippen LogP contribution in [0.3, 0.4) is 0 Å². The summed E-state index contributed by atoms with van der Waals surface area (Å²) in [5, 5.41) is 2.81. The van der Waals surface area contributed by atoms with Gasteiger partial charge in [0.2, 0.25) is 18.6 Å². The number of carbonyl (C=O) groups excluding carboxylic acids is 2. The van der Waals surface area contributed by atoms with Crippen LogP contribution in [0.1, 0.15) is 18.4 Å². The van der Waals surface area contributed by atoms with E-state index in [-0.39, 0.29) is 24.5 Å². The number of carbonyl (C=O) groups is 2. The second kappa shape index (κ2) is 7.53. The Balaban J connectivity index is 1.57. The van der Waals surface area contributed by atoms with E-state index in [1.54, 1.807) is 4.90 Å². The summed E-state index contributed by atoms with van der Waals surface area (Å²) in [5.41, 5.74) is 6.30. The van der Waals surface area contributed by atoms with Gasteiger partial charge in [0.1, 0.15) is 0 Å². The fraction of sp³-hybridized carbons (Fsp3) is 0.529. The summed E-state index contributed by atoms with van der Waals surface area (Å²) >= 11 is 0. The molecule has 2 heterocycles. The predicted molar refractivity (Wildman–Crippen MR) is 87.6 cm³/mol. The quantitative estimate of drug-likeness (QED) is 0.807. The van der Waals surface area contributed by atoms with Crippen LogP contribution in [-0.2, 0) is 16.0 Å². The van der Waals surface area contributed by atoms with Gasteiger partial charge >= 0.3 is 0 Å². The molecule has 2 aliphatic rings. The Hall–Kier alpha value is -2.28. The maximum atomic E-state index is 12.6. The van der Waals surface area contributed by atoms with Gasteiger partial charge in [-0.25, -0.2) is 0 Å². The van der Waals surface area contributed by atoms with Crippen LogP contribution in [0.25, 0.3) is 0 Å². The molecule has 1 aromatic rings. The Morgan fingerprint density at radius 1 is 1.29 bits per heavy atom. The maximum Gasteiger partial charge on any atom is 0.231 e. The van der Waals surface area contributed by atoms with E-state index in [9.17, 15) is 9.59 Å². The molecule has 24 heavy (non-hydrogen) atoms. The monoisotopic (exact) mass is 333 g/mol. The van der Waals surface area contributed by atoms with Crippen LogP contribution in [0.15, 0.2) is 18.2 Å². The predicted octanol–water partition coefficient (Wildman–Crippen LogP) is 0.271. The highest BCUT2D eigenvalue weighted by molar-refractivity contribution is 5.82. The van der Waals surface area contributed by atoms with Gasteiger partial charge in [0.15, 0.2) is 11.5 Å². The van der Waals surface area contributed by atoms with Gasteiger partial charge in [0, 0.05) is 26.2 Å². The molecular weight excluding hydrogens is 310 g/mol. The smallest absolute Gasteiger partial charge is 0.231 e. The molecular formula is C17H23N3O4. The van der Waals surface area contributed by atoms with Gasteiger partial charge in [-0.3, -0.25) is 9.59 Å². The minimum Gasteiger partial charge on any atom is -0.454 e. The van der Waals surface area contributed by atoms with Crippen molar-refractivity contribution in [3.63, 3.8) is 0 Å². The Labute approximate surface area is 141 Å². The van der Waals surface area contributed by atoms with Crippen molar-refractivity contribution in [3.05, 3.63) is 23.8 Å². The molecule has 0 radical (unpaired) electrons. The summed E-state index contributed by atoms with van der Waals surface area (Å²) in [6.45, 7) is 2.29.